The molecule has 0 unspecified atom stereocenters. The Balaban J connectivity index is 1.64. The Labute approximate surface area is 154 Å². The van der Waals surface area contributed by atoms with E-state index < -0.39 is 0 Å². The van der Waals surface area contributed by atoms with Crippen LogP contribution < -0.4 is 4.74 Å². The molecule has 5 nitrogen and oxygen atoms in total. The molecule has 2 heterocycles. The van der Waals surface area contributed by atoms with E-state index in [9.17, 15) is 4.79 Å². The fraction of sp³-hybridized carbons (Fsp3) is 0.111. The van der Waals surface area contributed by atoms with Crippen molar-refractivity contribution in [1.29, 1.82) is 0 Å². The summed E-state index contributed by atoms with van der Waals surface area (Å²) in [4.78, 5) is 12.0. The van der Waals surface area contributed by atoms with Gasteiger partial charge in [-0.3, -0.25) is 9.48 Å². The summed E-state index contributed by atoms with van der Waals surface area (Å²) in [6.45, 7) is 0.174. The molecule has 0 fully saturated rings. The van der Waals surface area contributed by atoms with Crippen LogP contribution in [0.4, 0.5) is 0 Å². The Morgan fingerprint density at radius 1 is 1.24 bits per heavy atom. The van der Waals surface area contributed by atoms with Crippen LogP contribution in [0.25, 0.3) is 6.08 Å². The molecule has 0 aliphatic heterocycles. The molecule has 0 saturated carbocycles. The van der Waals surface area contributed by atoms with Crippen LogP contribution in [0.2, 0.25) is 10.0 Å². The maximum Gasteiger partial charge on any atom is 0.203 e. The number of hydrogen-bond acceptors (Lipinski definition) is 4. The highest BCUT2D eigenvalue weighted by Crippen LogP contribution is 2.33. The molecule has 2 aromatic heterocycles. The van der Waals surface area contributed by atoms with Gasteiger partial charge in [0.05, 0.1) is 10.0 Å². The van der Waals surface area contributed by atoms with Crippen molar-refractivity contribution in [3.05, 3.63) is 75.9 Å². The first-order valence-electron chi connectivity index (χ1n) is 7.40. The van der Waals surface area contributed by atoms with Gasteiger partial charge in [0, 0.05) is 13.2 Å². The number of furan rings is 1. The largest absolute Gasteiger partial charge is 0.483 e. The summed E-state index contributed by atoms with van der Waals surface area (Å²) >= 11 is 12.1. The number of carbonyl (C=O) groups excluding carboxylic acids is 1. The minimum absolute atomic E-state index is 0.156. The summed E-state index contributed by atoms with van der Waals surface area (Å²) in [7, 11) is 1.71. The topological polar surface area (TPSA) is 57.3 Å². The summed E-state index contributed by atoms with van der Waals surface area (Å²) in [6, 6.07) is 10.3. The molecule has 1 aromatic carbocycles. The monoisotopic (exact) mass is 376 g/mol. The van der Waals surface area contributed by atoms with Gasteiger partial charge in [-0.15, -0.1) is 0 Å². The average Bonchev–Trinajstić information content (AvgIpc) is 3.21. The van der Waals surface area contributed by atoms with Crippen molar-refractivity contribution in [2.75, 3.05) is 0 Å². The molecule has 0 radical (unpaired) electrons. The van der Waals surface area contributed by atoms with Gasteiger partial charge in [0.2, 0.25) is 5.78 Å². The Kier molecular flexibility index (Phi) is 5.26. The minimum atomic E-state index is -0.156. The number of hydrogen-bond donors (Lipinski definition) is 0. The van der Waals surface area contributed by atoms with E-state index in [1.165, 1.54) is 10.8 Å². The van der Waals surface area contributed by atoms with Crippen molar-refractivity contribution in [2.45, 2.75) is 6.61 Å². The SMILES string of the molecule is Cn1nccc1C(=O)/C=C/c1ccc(COc2c(Cl)cccc2Cl)o1. The van der Waals surface area contributed by atoms with Gasteiger partial charge in [0.15, 0.2) is 5.75 Å². The number of allylic oxidation sites excluding steroid dienone is 1. The number of aromatic nitrogens is 2. The number of carbonyl (C=O) groups is 1. The van der Waals surface area contributed by atoms with E-state index >= 15 is 0 Å². The number of para-hydroxylation sites is 1. The zero-order valence-electron chi connectivity index (χ0n) is 13.3. The lowest BCUT2D eigenvalue weighted by Crippen LogP contribution is -2.03. The second kappa shape index (κ2) is 7.59. The Bertz CT molecular complexity index is 908. The lowest BCUT2D eigenvalue weighted by Gasteiger charge is -2.07. The van der Waals surface area contributed by atoms with Crippen LogP contribution in [-0.4, -0.2) is 15.6 Å². The van der Waals surface area contributed by atoms with E-state index in [4.69, 9.17) is 32.4 Å². The van der Waals surface area contributed by atoms with Crippen molar-refractivity contribution < 1.29 is 13.9 Å². The fourth-order valence-electron chi connectivity index (χ4n) is 2.18. The number of benzene rings is 1. The lowest BCUT2D eigenvalue weighted by molar-refractivity contribution is 0.103. The fourth-order valence-corrected chi connectivity index (χ4v) is 2.69. The number of ketones is 1. The summed E-state index contributed by atoms with van der Waals surface area (Å²) in [5, 5.41) is 4.83. The van der Waals surface area contributed by atoms with E-state index in [1.54, 1.807) is 55.7 Å². The number of rotatable bonds is 6. The molecule has 128 valence electrons. The Hall–Kier alpha value is -2.50. The number of halogens is 2. The maximum absolute atomic E-state index is 12.0. The Morgan fingerprint density at radius 2 is 2.00 bits per heavy atom. The van der Waals surface area contributed by atoms with E-state index in [-0.39, 0.29) is 12.4 Å². The second-order valence-electron chi connectivity index (χ2n) is 5.18. The van der Waals surface area contributed by atoms with Crippen LogP contribution in [0.1, 0.15) is 22.0 Å². The van der Waals surface area contributed by atoms with E-state index in [1.807, 2.05) is 0 Å². The van der Waals surface area contributed by atoms with Crippen molar-refractivity contribution in [3.63, 3.8) is 0 Å². The van der Waals surface area contributed by atoms with Crippen LogP contribution in [0.3, 0.4) is 0 Å². The van der Waals surface area contributed by atoms with Gasteiger partial charge in [-0.1, -0.05) is 29.3 Å². The maximum atomic E-state index is 12.0. The summed E-state index contributed by atoms with van der Waals surface area (Å²) in [5.74, 6) is 1.38. The molecule has 0 N–H and O–H groups in total. The molecule has 0 atom stereocenters. The van der Waals surface area contributed by atoms with E-state index in [0.717, 1.165) is 0 Å². The van der Waals surface area contributed by atoms with Gasteiger partial charge in [0.1, 0.15) is 23.8 Å². The van der Waals surface area contributed by atoms with E-state index in [0.29, 0.717) is 33.0 Å². The van der Waals surface area contributed by atoms with Crippen LogP contribution in [0.5, 0.6) is 5.75 Å². The molecule has 25 heavy (non-hydrogen) atoms. The number of nitrogens with zero attached hydrogens (tertiary/aromatic N) is 2. The van der Waals surface area contributed by atoms with Crippen molar-refractivity contribution in [1.82, 2.24) is 9.78 Å². The summed E-state index contributed by atoms with van der Waals surface area (Å²) in [5.41, 5.74) is 0.500. The first kappa shape index (κ1) is 17.3. The molecule has 0 bridgehead atoms. The van der Waals surface area contributed by atoms with E-state index in [2.05, 4.69) is 5.10 Å². The molecular weight excluding hydrogens is 363 g/mol. The standard InChI is InChI=1S/C18H14Cl2N2O3/c1-22-16(9-10-21-22)17(23)8-7-12-5-6-13(25-12)11-24-18-14(19)3-2-4-15(18)20/h2-10H,11H2,1H3/b8-7+. The predicted octanol–water partition coefficient (Wildman–Crippen LogP) is 4.80. The highest BCUT2D eigenvalue weighted by atomic mass is 35.5. The summed E-state index contributed by atoms with van der Waals surface area (Å²) in [6.07, 6.45) is 4.61. The third-order valence-corrected chi connectivity index (χ3v) is 4.03. The molecule has 0 saturated heterocycles. The van der Waals surface area contributed by atoms with Gasteiger partial charge in [-0.25, -0.2) is 0 Å². The van der Waals surface area contributed by atoms with Gasteiger partial charge in [0.25, 0.3) is 0 Å². The summed E-state index contributed by atoms with van der Waals surface area (Å²) < 4.78 is 12.7. The van der Waals surface area contributed by atoms with Gasteiger partial charge in [-0.2, -0.15) is 5.10 Å². The zero-order chi connectivity index (χ0) is 17.8. The Morgan fingerprint density at radius 3 is 2.68 bits per heavy atom. The van der Waals surface area contributed by atoms with Gasteiger partial charge in [-0.05, 0) is 42.5 Å². The van der Waals surface area contributed by atoms with Crippen molar-refractivity contribution in [2.24, 2.45) is 7.05 Å². The second-order valence-corrected chi connectivity index (χ2v) is 6.00. The average molecular weight is 377 g/mol. The van der Waals surface area contributed by atoms with Crippen LogP contribution in [0.15, 0.2) is 53.1 Å². The predicted molar refractivity (Wildman–Crippen MR) is 96.1 cm³/mol. The van der Waals surface area contributed by atoms with Crippen LogP contribution in [-0.2, 0) is 13.7 Å². The molecule has 3 aromatic rings. The molecular formula is C18H14Cl2N2O3. The smallest absolute Gasteiger partial charge is 0.203 e. The van der Waals surface area contributed by atoms with Crippen LogP contribution in [0, 0.1) is 0 Å². The van der Waals surface area contributed by atoms with Crippen molar-refractivity contribution >= 4 is 35.1 Å². The van der Waals surface area contributed by atoms with Gasteiger partial charge >= 0.3 is 0 Å². The normalized spacial score (nSPS) is 11.2. The molecule has 0 amide bonds. The molecule has 3 rings (SSSR count). The first-order chi connectivity index (χ1) is 12.0. The highest BCUT2D eigenvalue weighted by Gasteiger charge is 2.09. The zero-order valence-corrected chi connectivity index (χ0v) is 14.8. The molecule has 0 aliphatic carbocycles. The highest BCUT2D eigenvalue weighted by molar-refractivity contribution is 6.37. The van der Waals surface area contributed by atoms with Crippen LogP contribution >= 0.6 is 23.2 Å². The number of ether oxygens (including phenoxy) is 1. The number of aryl methyl sites for hydroxylation is 1. The molecule has 0 spiro atoms. The first-order valence-corrected chi connectivity index (χ1v) is 8.16. The lowest BCUT2D eigenvalue weighted by atomic mass is 10.2. The quantitative estimate of drug-likeness (QED) is 0.458. The van der Waals surface area contributed by atoms with Gasteiger partial charge < -0.3 is 9.15 Å². The third-order valence-electron chi connectivity index (χ3n) is 3.43. The molecule has 0 aliphatic rings. The third kappa shape index (κ3) is 4.13. The molecule has 7 heteroatoms. The van der Waals surface area contributed by atoms with Crippen molar-refractivity contribution in [3.8, 4) is 5.75 Å². The minimum Gasteiger partial charge on any atom is -0.483 e.